The molecule has 0 spiro atoms. The van der Waals surface area contributed by atoms with Gasteiger partial charge in [-0.3, -0.25) is 10.00 Å². The molecule has 1 atom stereocenters. The third kappa shape index (κ3) is 3.88. The first kappa shape index (κ1) is 12.0. The number of alkyl halides is 3. The molecule has 0 radical (unpaired) electrons. The molecule has 0 fully saturated rings. The van der Waals surface area contributed by atoms with Crippen LogP contribution in [0.2, 0.25) is 0 Å². The van der Waals surface area contributed by atoms with Crippen LogP contribution < -0.4 is 5.32 Å². The van der Waals surface area contributed by atoms with Crippen LogP contribution in [0.4, 0.5) is 13.2 Å². The maximum absolute atomic E-state index is 11.9. The van der Waals surface area contributed by atoms with Crippen molar-refractivity contribution in [1.29, 1.82) is 0 Å². The molecule has 1 heterocycles. The summed E-state index contributed by atoms with van der Waals surface area (Å²) in [5.74, 6) is 0. The number of halogens is 3. The van der Waals surface area contributed by atoms with E-state index in [1.165, 1.54) is 10.9 Å². The summed E-state index contributed by atoms with van der Waals surface area (Å²) in [6.45, 7) is -1.53. The van der Waals surface area contributed by atoms with Crippen molar-refractivity contribution in [3.8, 4) is 0 Å². The first-order valence-electron chi connectivity index (χ1n) is 4.32. The second-order valence-corrected chi connectivity index (χ2v) is 3.18. The first-order chi connectivity index (χ1) is 6.92. The Kier molecular flexibility index (Phi) is 3.70. The Morgan fingerprint density at radius 1 is 1.60 bits per heavy atom. The van der Waals surface area contributed by atoms with E-state index in [-0.39, 0.29) is 0 Å². The molecule has 0 saturated carbocycles. The van der Waals surface area contributed by atoms with Gasteiger partial charge in [-0.05, 0) is 0 Å². The van der Waals surface area contributed by atoms with E-state index in [1.54, 1.807) is 13.2 Å². The SMILES string of the molecule is Cn1cc(C(CO)NCC(F)(F)F)cn1. The number of hydrogen-bond donors (Lipinski definition) is 2. The molecule has 0 aliphatic heterocycles. The monoisotopic (exact) mass is 223 g/mol. The van der Waals surface area contributed by atoms with Gasteiger partial charge in [0.1, 0.15) is 0 Å². The van der Waals surface area contributed by atoms with Gasteiger partial charge in [0.25, 0.3) is 0 Å². The summed E-state index contributed by atoms with van der Waals surface area (Å²) in [6, 6.07) is -0.736. The quantitative estimate of drug-likeness (QED) is 0.786. The number of hydrogen-bond acceptors (Lipinski definition) is 3. The third-order valence-electron chi connectivity index (χ3n) is 1.86. The van der Waals surface area contributed by atoms with Crippen LogP contribution >= 0.6 is 0 Å². The maximum atomic E-state index is 11.9. The van der Waals surface area contributed by atoms with Gasteiger partial charge in [0.2, 0.25) is 0 Å². The zero-order valence-electron chi connectivity index (χ0n) is 8.12. The molecule has 1 rings (SSSR count). The van der Waals surface area contributed by atoms with Gasteiger partial charge >= 0.3 is 6.18 Å². The highest BCUT2D eigenvalue weighted by Crippen LogP contribution is 2.16. The van der Waals surface area contributed by atoms with E-state index < -0.39 is 25.4 Å². The summed E-state index contributed by atoms with van der Waals surface area (Å²) >= 11 is 0. The van der Waals surface area contributed by atoms with Crippen LogP contribution in [0.3, 0.4) is 0 Å². The van der Waals surface area contributed by atoms with Crippen molar-refractivity contribution >= 4 is 0 Å². The van der Waals surface area contributed by atoms with Gasteiger partial charge in [0, 0.05) is 18.8 Å². The number of nitrogens with zero attached hydrogens (tertiary/aromatic N) is 2. The van der Waals surface area contributed by atoms with Crippen molar-refractivity contribution < 1.29 is 18.3 Å². The van der Waals surface area contributed by atoms with Crippen LogP contribution in [0, 0.1) is 0 Å². The van der Waals surface area contributed by atoms with E-state index in [4.69, 9.17) is 5.11 Å². The Hall–Kier alpha value is -1.08. The summed E-state index contributed by atoms with van der Waals surface area (Å²) in [7, 11) is 1.65. The smallest absolute Gasteiger partial charge is 0.394 e. The fourth-order valence-electron chi connectivity index (χ4n) is 1.15. The number of aliphatic hydroxyl groups is 1. The minimum atomic E-state index is -4.28. The summed E-state index contributed by atoms with van der Waals surface area (Å²) in [5.41, 5.74) is 0.532. The molecule has 1 unspecified atom stereocenters. The number of aryl methyl sites for hydroxylation is 1. The van der Waals surface area contributed by atoms with E-state index in [9.17, 15) is 13.2 Å². The zero-order valence-corrected chi connectivity index (χ0v) is 8.12. The Balaban J connectivity index is 2.57. The molecule has 0 amide bonds. The van der Waals surface area contributed by atoms with Gasteiger partial charge in [0.15, 0.2) is 0 Å². The minimum Gasteiger partial charge on any atom is -0.394 e. The van der Waals surface area contributed by atoms with Crippen LogP contribution in [0.25, 0.3) is 0 Å². The molecule has 0 aliphatic rings. The van der Waals surface area contributed by atoms with Gasteiger partial charge < -0.3 is 5.11 Å². The molecule has 2 N–H and O–H groups in total. The first-order valence-corrected chi connectivity index (χ1v) is 4.32. The lowest BCUT2D eigenvalue weighted by Gasteiger charge is -2.15. The number of nitrogens with one attached hydrogen (secondary N) is 1. The Morgan fingerprint density at radius 2 is 2.27 bits per heavy atom. The second kappa shape index (κ2) is 4.63. The molecule has 4 nitrogen and oxygen atoms in total. The van der Waals surface area contributed by atoms with E-state index in [1.807, 2.05) is 0 Å². The van der Waals surface area contributed by atoms with Crippen LogP contribution in [0.5, 0.6) is 0 Å². The standard InChI is InChI=1S/C8H12F3N3O/c1-14-3-6(2-13-14)7(4-15)12-5-8(9,10)11/h2-3,7,12,15H,4-5H2,1H3. The van der Waals surface area contributed by atoms with Crippen molar-refractivity contribution in [3.05, 3.63) is 18.0 Å². The summed E-state index contributed by atoms with van der Waals surface area (Å²) in [6.07, 6.45) is -1.30. The maximum Gasteiger partial charge on any atom is 0.401 e. The average molecular weight is 223 g/mol. The van der Waals surface area contributed by atoms with Gasteiger partial charge in [-0.25, -0.2) is 0 Å². The summed E-state index contributed by atoms with van der Waals surface area (Å²) < 4.78 is 37.2. The van der Waals surface area contributed by atoms with E-state index in [0.717, 1.165) is 0 Å². The number of rotatable bonds is 4. The Bertz CT molecular complexity index is 310. The Morgan fingerprint density at radius 3 is 2.67 bits per heavy atom. The van der Waals surface area contributed by atoms with Gasteiger partial charge in [0.05, 0.1) is 25.4 Å². The topological polar surface area (TPSA) is 50.1 Å². The van der Waals surface area contributed by atoms with Crippen molar-refractivity contribution in [2.24, 2.45) is 7.05 Å². The van der Waals surface area contributed by atoms with E-state index >= 15 is 0 Å². The van der Waals surface area contributed by atoms with Crippen LogP contribution in [-0.2, 0) is 7.05 Å². The summed E-state index contributed by atoms with van der Waals surface area (Å²) in [4.78, 5) is 0. The zero-order chi connectivity index (χ0) is 11.5. The molecule has 0 aliphatic carbocycles. The van der Waals surface area contributed by atoms with E-state index in [0.29, 0.717) is 5.56 Å². The molecule has 1 aromatic rings. The molecule has 0 aromatic carbocycles. The predicted molar refractivity (Wildman–Crippen MR) is 47.1 cm³/mol. The van der Waals surface area contributed by atoms with Gasteiger partial charge in [-0.2, -0.15) is 18.3 Å². The average Bonchev–Trinajstić information content (AvgIpc) is 2.51. The molecular weight excluding hydrogens is 211 g/mol. The number of aliphatic hydroxyl groups excluding tert-OH is 1. The lowest BCUT2D eigenvalue weighted by atomic mass is 10.2. The highest BCUT2D eigenvalue weighted by molar-refractivity contribution is 5.10. The van der Waals surface area contributed by atoms with Crippen molar-refractivity contribution in [1.82, 2.24) is 15.1 Å². The Labute approximate surface area is 84.7 Å². The lowest BCUT2D eigenvalue weighted by molar-refractivity contribution is -0.126. The predicted octanol–water partition coefficient (Wildman–Crippen LogP) is 0.605. The fourth-order valence-corrected chi connectivity index (χ4v) is 1.15. The fraction of sp³-hybridized carbons (Fsp3) is 0.625. The summed E-state index contributed by atoms with van der Waals surface area (Å²) in [5, 5.41) is 14.9. The normalized spacial score (nSPS) is 14.2. The van der Waals surface area contributed by atoms with Crippen molar-refractivity contribution in [3.63, 3.8) is 0 Å². The number of aromatic nitrogens is 2. The molecule has 7 heteroatoms. The molecule has 1 aromatic heterocycles. The minimum absolute atomic E-state index is 0.401. The van der Waals surface area contributed by atoms with E-state index in [2.05, 4.69) is 10.4 Å². The van der Waals surface area contributed by atoms with Crippen molar-refractivity contribution in [2.75, 3.05) is 13.2 Å². The second-order valence-electron chi connectivity index (χ2n) is 3.18. The van der Waals surface area contributed by atoms with Gasteiger partial charge in [-0.15, -0.1) is 0 Å². The van der Waals surface area contributed by atoms with Crippen LogP contribution in [-0.4, -0.2) is 34.2 Å². The lowest BCUT2D eigenvalue weighted by Crippen LogP contribution is -2.33. The molecule has 86 valence electrons. The van der Waals surface area contributed by atoms with Crippen molar-refractivity contribution in [2.45, 2.75) is 12.2 Å². The molecule has 0 bridgehead atoms. The molecular formula is C8H12F3N3O. The van der Waals surface area contributed by atoms with Crippen LogP contribution in [0.15, 0.2) is 12.4 Å². The molecule has 15 heavy (non-hydrogen) atoms. The highest BCUT2D eigenvalue weighted by Gasteiger charge is 2.28. The highest BCUT2D eigenvalue weighted by atomic mass is 19.4. The molecule has 0 saturated heterocycles. The van der Waals surface area contributed by atoms with Crippen LogP contribution in [0.1, 0.15) is 11.6 Å². The third-order valence-corrected chi connectivity index (χ3v) is 1.86. The largest absolute Gasteiger partial charge is 0.401 e. The van der Waals surface area contributed by atoms with Gasteiger partial charge in [-0.1, -0.05) is 0 Å².